The minimum atomic E-state index is -0.592. The van der Waals surface area contributed by atoms with Crippen molar-refractivity contribution in [2.75, 3.05) is 0 Å². The topological polar surface area (TPSA) is 35.0 Å². The standard InChI is InChI=1S/C20H18F2N2OS/c1-3-14-5-4-6-18(10-14)25-19-7-13(2)23-20(24-19)26-12-15-8-16(21)11-17(22)9-15/h4-11H,3,12H2,1-2H3. The smallest absolute Gasteiger partial charge is 0.223 e. The first-order valence-corrected chi connectivity index (χ1v) is 9.20. The summed E-state index contributed by atoms with van der Waals surface area (Å²) in [4.78, 5) is 8.74. The molecule has 0 amide bonds. The molecule has 0 fully saturated rings. The summed E-state index contributed by atoms with van der Waals surface area (Å²) < 4.78 is 32.4. The highest BCUT2D eigenvalue weighted by Crippen LogP contribution is 2.26. The molecule has 2 aromatic carbocycles. The Morgan fingerprint density at radius 1 is 0.962 bits per heavy atom. The van der Waals surface area contributed by atoms with Crippen molar-refractivity contribution in [2.24, 2.45) is 0 Å². The first-order chi connectivity index (χ1) is 12.5. The average Bonchev–Trinajstić information content (AvgIpc) is 2.59. The van der Waals surface area contributed by atoms with E-state index in [-0.39, 0.29) is 0 Å². The van der Waals surface area contributed by atoms with E-state index in [4.69, 9.17) is 4.74 Å². The molecule has 0 saturated carbocycles. The molecule has 0 bridgehead atoms. The summed E-state index contributed by atoms with van der Waals surface area (Å²) in [5.74, 6) is 0.337. The van der Waals surface area contributed by atoms with Gasteiger partial charge in [-0.15, -0.1) is 0 Å². The van der Waals surface area contributed by atoms with Crippen LogP contribution in [0.15, 0.2) is 53.7 Å². The van der Waals surface area contributed by atoms with Crippen LogP contribution in [0.25, 0.3) is 0 Å². The second-order valence-corrected chi connectivity index (χ2v) is 6.74. The van der Waals surface area contributed by atoms with Gasteiger partial charge in [0.2, 0.25) is 5.88 Å². The van der Waals surface area contributed by atoms with Crippen molar-refractivity contribution in [3.05, 3.63) is 77.0 Å². The van der Waals surface area contributed by atoms with Crippen LogP contribution in [0, 0.1) is 18.6 Å². The molecule has 3 aromatic rings. The summed E-state index contributed by atoms with van der Waals surface area (Å²) in [6.07, 6.45) is 0.922. The molecule has 0 aliphatic heterocycles. The largest absolute Gasteiger partial charge is 0.439 e. The second kappa shape index (κ2) is 8.27. The highest BCUT2D eigenvalue weighted by molar-refractivity contribution is 7.98. The lowest BCUT2D eigenvalue weighted by molar-refractivity contribution is 0.454. The lowest BCUT2D eigenvalue weighted by Gasteiger charge is -2.09. The predicted octanol–water partition coefficient (Wildman–Crippen LogP) is 5.71. The molecule has 26 heavy (non-hydrogen) atoms. The number of ether oxygens (including phenoxy) is 1. The van der Waals surface area contributed by atoms with Crippen LogP contribution < -0.4 is 4.74 Å². The fourth-order valence-corrected chi connectivity index (χ4v) is 3.25. The normalized spacial score (nSPS) is 10.8. The van der Waals surface area contributed by atoms with Gasteiger partial charge >= 0.3 is 0 Å². The van der Waals surface area contributed by atoms with Crippen LogP contribution in [0.3, 0.4) is 0 Å². The molecule has 0 unspecified atom stereocenters. The molecule has 3 rings (SSSR count). The van der Waals surface area contributed by atoms with Gasteiger partial charge in [-0.1, -0.05) is 30.8 Å². The third-order valence-corrected chi connectivity index (χ3v) is 4.55. The van der Waals surface area contributed by atoms with E-state index < -0.39 is 11.6 Å². The van der Waals surface area contributed by atoms with Crippen LogP contribution in [0.2, 0.25) is 0 Å². The quantitative estimate of drug-likeness (QED) is 0.410. The molecule has 0 N–H and O–H groups in total. The Balaban J connectivity index is 1.74. The van der Waals surface area contributed by atoms with E-state index in [1.54, 1.807) is 6.07 Å². The van der Waals surface area contributed by atoms with Crippen LogP contribution >= 0.6 is 11.8 Å². The fraction of sp³-hybridized carbons (Fsp3) is 0.200. The van der Waals surface area contributed by atoms with Gasteiger partial charge < -0.3 is 4.74 Å². The Hall–Kier alpha value is -2.47. The summed E-state index contributed by atoms with van der Waals surface area (Å²) in [6, 6.07) is 13.0. The van der Waals surface area contributed by atoms with Crippen LogP contribution in [-0.4, -0.2) is 9.97 Å². The molecular weight excluding hydrogens is 354 g/mol. The van der Waals surface area contributed by atoms with Gasteiger partial charge in [0, 0.05) is 23.6 Å². The van der Waals surface area contributed by atoms with Crippen molar-refractivity contribution in [1.82, 2.24) is 9.97 Å². The molecule has 0 radical (unpaired) electrons. The van der Waals surface area contributed by atoms with Crippen LogP contribution in [0.4, 0.5) is 8.78 Å². The molecule has 134 valence electrons. The van der Waals surface area contributed by atoms with E-state index in [1.165, 1.54) is 29.5 Å². The first kappa shape index (κ1) is 18.3. The van der Waals surface area contributed by atoms with Gasteiger partial charge in [-0.05, 0) is 48.7 Å². The van der Waals surface area contributed by atoms with Crippen LogP contribution in [0.1, 0.15) is 23.7 Å². The maximum absolute atomic E-state index is 13.3. The van der Waals surface area contributed by atoms with Crippen LogP contribution in [0.5, 0.6) is 11.6 Å². The Kier molecular flexibility index (Phi) is 5.83. The van der Waals surface area contributed by atoms with E-state index in [0.29, 0.717) is 28.1 Å². The lowest BCUT2D eigenvalue weighted by Crippen LogP contribution is -1.96. The number of hydrogen-bond donors (Lipinski definition) is 0. The highest BCUT2D eigenvalue weighted by atomic mass is 32.2. The number of nitrogens with zero attached hydrogens (tertiary/aromatic N) is 2. The van der Waals surface area contributed by atoms with Gasteiger partial charge in [-0.2, -0.15) is 4.98 Å². The average molecular weight is 372 g/mol. The Morgan fingerprint density at radius 3 is 2.46 bits per heavy atom. The first-order valence-electron chi connectivity index (χ1n) is 8.22. The number of aryl methyl sites for hydroxylation is 2. The zero-order chi connectivity index (χ0) is 18.5. The summed E-state index contributed by atoms with van der Waals surface area (Å²) in [6.45, 7) is 3.93. The van der Waals surface area contributed by atoms with E-state index in [0.717, 1.165) is 18.2 Å². The monoisotopic (exact) mass is 372 g/mol. The molecule has 0 aliphatic rings. The predicted molar refractivity (Wildman–Crippen MR) is 98.6 cm³/mol. The van der Waals surface area contributed by atoms with Crippen molar-refractivity contribution in [1.29, 1.82) is 0 Å². The minimum absolute atomic E-state index is 0.364. The SMILES string of the molecule is CCc1cccc(Oc2cc(C)nc(SCc3cc(F)cc(F)c3)n2)c1. The van der Waals surface area contributed by atoms with Crippen molar-refractivity contribution < 1.29 is 13.5 Å². The highest BCUT2D eigenvalue weighted by Gasteiger charge is 2.08. The molecule has 1 heterocycles. The summed E-state index contributed by atoms with van der Waals surface area (Å²) >= 11 is 1.30. The number of hydrogen-bond acceptors (Lipinski definition) is 4. The van der Waals surface area contributed by atoms with Crippen molar-refractivity contribution in [3.63, 3.8) is 0 Å². The fourth-order valence-electron chi connectivity index (χ4n) is 2.42. The van der Waals surface area contributed by atoms with Gasteiger partial charge in [0.15, 0.2) is 5.16 Å². The van der Waals surface area contributed by atoms with Gasteiger partial charge in [0.05, 0.1) is 0 Å². The van der Waals surface area contributed by atoms with E-state index in [2.05, 4.69) is 16.9 Å². The summed E-state index contributed by atoms with van der Waals surface area (Å²) in [7, 11) is 0. The second-order valence-electron chi connectivity index (χ2n) is 5.80. The number of aromatic nitrogens is 2. The maximum atomic E-state index is 13.3. The summed E-state index contributed by atoms with van der Waals surface area (Å²) in [5.41, 5.74) is 2.47. The molecule has 0 aliphatic carbocycles. The molecule has 1 aromatic heterocycles. The maximum Gasteiger partial charge on any atom is 0.223 e. The van der Waals surface area contributed by atoms with E-state index in [1.807, 2.05) is 31.2 Å². The Morgan fingerprint density at radius 2 is 1.73 bits per heavy atom. The molecule has 0 atom stereocenters. The Bertz CT molecular complexity index is 898. The third kappa shape index (κ3) is 5.02. The van der Waals surface area contributed by atoms with E-state index in [9.17, 15) is 8.78 Å². The van der Waals surface area contributed by atoms with Crippen molar-refractivity contribution in [3.8, 4) is 11.6 Å². The van der Waals surface area contributed by atoms with Crippen LogP contribution in [-0.2, 0) is 12.2 Å². The minimum Gasteiger partial charge on any atom is -0.439 e. The molecular formula is C20H18F2N2OS. The number of rotatable bonds is 6. The summed E-state index contributed by atoms with van der Waals surface area (Å²) in [5, 5.41) is 0.497. The molecule has 6 heteroatoms. The number of thioether (sulfide) groups is 1. The van der Waals surface area contributed by atoms with Gasteiger partial charge in [-0.3, -0.25) is 0 Å². The zero-order valence-corrected chi connectivity index (χ0v) is 15.3. The number of benzene rings is 2. The molecule has 0 spiro atoms. The van der Waals surface area contributed by atoms with Gasteiger partial charge in [0.25, 0.3) is 0 Å². The van der Waals surface area contributed by atoms with Crippen molar-refractivity contribution >= 4 is 11.8 Å². The third-order valence-electron chi connectivity index (χ3n) is 3.63. The number of halogens is 2. The van der Waals surface area contributed by atoms with E-state index >= 15 is 0 Å². The Labute approximate surface area is 155 Å². The van der Waals surface area contributed by atoms with Gasteiger partial charge in [0.1, 0.15) is 17.4 Å². The van der Waals surface area contributed by atoms with Crippen molar-refractivity contribution in [2.45, 2.75) is 31.2 Å². The molecule has 3 nitrogen and oxygen atoms in total. The molecule has 0 saturated heterocycles. The zero-order valence-electron chi connectivity index (χ0n) is 14.5. The van der Waals surface area contributed by atoms with Gasteiger partial charge in [-0.25, -0.2) is 13.8 Å². The lowest BCUT2D eigenvalue weighted by atomic mass is 10.2.